The molecule has 0 aromatic heterocycles. The molecule has 6 heteroatoms. The van der Waals surface area contributed by atoms with Gasteiger partial charge in [0.15, 0.2) is 0 Å². The van der Waals surface area contributed by atoms with Crippen LogP contribution < -0.4 is 15.8 Å². The van der Waals surface area contributed by atoms with E-state index < -0.39 is 6.04 Å². The molecule has 0 aliphatic rings. The van der Waals surface area contributed by atoms with E-state index >= 15 is 0 Å². The summed E-state index contributed by atoms with van der Waals surface area (Å²) in [7, 11) is 0. The van der Waals surface area contributed by atoms with E-state index in [0.29, 0.717) is 23.4 Å². The van der Waals surface area contributed by atoms with Crippen molar-refractivity contribution in [1.29, 1.82) is 0 Å². The highest BCUT2D eigenvalue weighted by molar-refractivity contribution is 7.98. The third-order valence-corrected chi connectivity index (χ3v) is 4.09. The van der Waals surface area contributed by atoms with Gasteiger partial charge < -0.3 is 15.8 Å². The van der Waals surface area contributed by atoms with Crippen LogP contribution in [0.4, 0.5) is 10.1 Å². The second kappa shape index (κ2) is 9.30. The molecule has 2 rings (SSSR count). The number of hydrogen-bond acceptors (Lipinski definition) is 4. The predicted molar refractivity (Wildman–Crippen MR) is 96.8 cm³/mol. The highest BCUT2D eigenvalue weighted by atomic mass is 32.2. The van der Waals surface area contributed by atoms with Crippen molar-refractivity contribution in [3.05, 3.63) is 59.9 Å². The molecule has 0 aliphatic heterocycles. The van der Waals surface area contributed by atoms with Gasteiger partial charge in [-0.3, -0.25) is 4.79 Å². The van der Waals surface area contributed by atoms with Gasteiger partial charge in [0.2, 0.25) is 5.91 Å². The molecule has 0 unspecified atom stereocenters. The second-order valence-electron chi connectivity index (χ2n) is 5.28. The van der Waals surface area contributed by atoms with Crippen molar-refractivity contribution < 1.29 is 13.9 Å². The summed E-state index contributed by atoms with van der Waals surface area (Å²) >= 11 is 1.66. The zero-order valence-corrected chi connectivity index (χ0v) is 14.3. The Kier molecular flexibility index (Phi) is 7.08. The molecular formula is C18H21FN2O2S. The summed E-state index contributed by atoms with van der Waals surface area (Å²) in [5, 5.41) is 2.77. The lowest BCUT2D eigenvalue weighted by atomic mass is 10.2. The monoisotopic (exact) mass is 348 g/mol. The van der Waals surface area contributed by atoms with Gasteiger partial charge in [0, 0.05) is 11.3 Å². The number of nitrogens with one attached hydrogen (secondary N) is 1. The number of benzene rings is 2. The molecule has 0 saturated heterocycles. The Balaban J connectivity index is 1.86. The van der Waals surface area contributed by atoms with Crippen LogP contribution in [0.3, 0.4) is 0 Å². The molecule has 0 spiro atoms. The van der Waals surface area contributed by atoms with Crippen LogP contribution in [0.1, 0.15) is 12.0 Å². The highest BCUT2D eigenvalue weighted by Gasteiger charge is 2.12. The molecule has 2 aromatic rings. The molecule has 0 aliphatic carbocycles. The molecule has 0 radical (unpaired) electrons. The number of amides is 1. The molecular weight excluding hydrogens is 327 g/mol. The first kappa shape index (κ1) is 18.3. The topological polar surface area (TPSA) is 64.4 Å². The van der Waals surface area contributed by atoms with E-state index in [2.05, 4.69) is 5.32 Å². The van der Waals surface area contributed by atoms with E-state index in [1.807, 2.05) is 6.26 Å². The number of carbonyl (C=O) groups excluding carboxylic acids is 1. The van der Waals surface area contributed by atoms with E-state index in [9.17, 15) is 9.18 Å². The van der Waals surface area contributed by atoms with E-state index in [1.165, 1.54) is 6.07 Å². The summed E-state index contributed by atoms with van der Waals surface area (Å²) < 4.78 is 19.1. The van der Waals surface area contributed by atoms with E-state index in [4.69, 9.17) is 10.5 Å². The molecule has 128 valence electrons. The first-order valence-corrected chi connectivity index (χ1v) is 9.01. The minimum atomic E-state index is -0.519. The number of ether oxygens (including phenoxy) is 1. The van der Waals surface area contributed by atoms with Gasteiger partial charge in [0.25, 0.3) is 0 Å². The first-order valence-electron chi connectivity index (χ1n) is 7.62. The lowest BCUT2D eigenvalue weighted by Crippen LogP contribution is -2.36. The molecule has 0 bridgehead atoms. The molecule has 2 aromatic carbocycles. The van der Waals surface area contributed by atoms with Gasteiger partial charge in [0.05, 0.1) is 6.04 Å². The average Bonchev–Trinajstić information content (AvgIpc) is 2.60. The lowest BCUT2D eigenvalue weighted by molar-refractivity contribution is -0.117. The van der Waals surface area contributed by atoms with Gasteiger partial charge in [0.1, 0.15) is 18.2 Å². The van der Waals surface area contributed by atoms with Crippen molar-refractivity contribution in [3.8, 4) is 5.75 Å². The molecule has 0 fully saturated rings. The number of halogens is 1. The molecule has 1 amide bonds. The van der Waals surface area contributed by atoms with Crippen LogP contribution in [0.2, 0.25) is 0 Å². The van der Waals surface area contributed by atoms with Gasteiger partial charge in [-0.05, 0) is 48.8 Å². The van der Waals surface area contributed by atoms with Crippen LogP contribution in [-0.2, 0) is 11.4 Å². The Bertz CT molecular complexity index is 664. The Morgan fingerprint density at radius 2 is 1.96 bits per heavy atom. The smallest absolute Gasteiger partial charge is 0.241 e. The van der Waals surface area contributed by atoms with Crippen LogP contribution in [0.5, 0.6) is 5.75 Å². The molecule has 0 heterocycles. The summed E-state index contributed by atoms with van der Waals surface area (Å²) in [6, 6.07) is 12.9. The van der Waals surface area contributed by atoms with E-state index in [1.54, 1.807) is 54.2 Å². The van der Waals surface area contributed by atoms with Crippen LogP contribution in [0.15, 0.2) is 48.5 Å². The Morgan fingerprint density at radius 1 is 1.25 bits per heavy atom. The van der Waals surface area contributed by atoms with Crippen molar-refractivity contribution in [2.75, 3.05) is 17.3 Å². The van der Waals surface area contributed by atoms with E-state index in [0.717, 1.165) is 5.75 Å². The minimum absolute atomic E-state index is 0.151. The molecule has 3 N–H and O–H groups in total. The summed E-state index contributed by atoms with van der Waals surface area (Å²) in [5.74, 6) is 0.949. The van der Waals surface area contributed by atoms with E-state index in [-0.39, 0.29) is 18.3 Å². The zero-order chi connectivity index (χ0) is 17.4. The maximum Gasteiger partial charge on any atom is 0.241 e. The fourth-order valence-corrected chi connectivity index (χ4v) is 2.51. The number of hydrogen-bond donors (Lipinski definition) is 2. The van der Waals surface area contributed by atoms with Gasteiger partial charge in [-0.25, -0.2) is 4.39 Å². The third kappa shape index (κ3) is 5.54. The Hall–Kier alpha value is -2.05. The van der Waals surface area contributed by atoms with Crippen molar-refractivity contribution in [2.24, 2.45) is 5.73 Å². The van der Waals surface area contributed by atoms with Crippen LogP contribution in [0.25, 0.3) is 0 Å². The Labute approximate surface area is 145 Å². The highest BCUT2D eigenvalue weighted by Crippen LogP contribution is 2.18. The maximum atomic E-state index is 13.5. The van der Waals surface area contributed by atoms with Gasteiger partial charge in [-0.15, -0.1) is 0 Å². The normalized spacial score (nSPS) is 11.8. The Morgan fingerprint density at radius 3 is 2.62 bits per heavy atom. The predicted octanol–water partition coefficient (Wildman–Crippen LogP) is 3.42. The van der Waals surface area contributed by atoms with Crippen LogP contribution >= 0.6 is 11.8 Å². The van der Waals surface area contributed by atoms with Gasteiger partial charge in [-0.1, -0.05) is 18.2 Å². The van der Waals surface area contributed by atoms with Crippen LogP contribution in [0, 0.1) is 5.82 Å². The lowest BCUT2D eigenvalue weighted by Gasteiger charge is -2.12. The number of rotatable bonds is 8. The quantitative estimate of drug-likeness (QED) is 0.767. The van der Waals surface area contributed by atoms with Gasteiger partial charge in [-0.2, -0.15) is 11.8 Å². The maximum absolute atomic E-state index is 13.5. The largest absolute Gasteiger partial charge is 0.489 e. The number of nitrogens with two attached hydrogens (primary N) is 1. The van der Waals surface area contributed by atoms with Crippen molar-refractivity contribution in [2.45, 2.75) is 19.1 Å². The number of thioether (sulfide) groups is 1. The first-order chi connectivity index (χ1) is 11.6. The summed E-state index contributed by atoms with van der Waals surface area (Å²) in [5.41, 5.74) is 6.97. The number of carbonyl (C=O) groups is 1. The third-order valence-electron chi connectivity index (χ3n) is 3.44. The minimum Gasteiger partial charge on any atom is -0.489 e. The van der Waals surface area contributed by atoms with Crippen molar-refractivity contribution in [1.82, 2.24) is 0 Å². The SMILES string of the molecule is CSCC[C@H](N)C(=O)Nc1ccc(OCc2ccccc2F)cc1. The van der Waals surface area contributed by atoms with Crippen LogP contribution in [-0.4, -0.2) is 24.0 Å². The molecule has 4 nitrogen and oxygen atoms in total. The molecule has 0 saturated carbocycles. The number of anilines is 1. The fraction of sp³-hybridized carbons (Fsp3) is 0.278. The summed E-state index contributed by atoms with van der Waals surface area (Å²) in [6.45, 7) is 0.151. The summed E-state index contributed by atoms with van der Waals surface area (Å²) in [4.78, 5) is 11.9. The molecule has 1 atom stereocenters. The average molecular weight is 348 g/mol. The fourth-order valence-electron chi connectivity index (χ4n) is 2.02. The molecule has 24 heavy (non-hydrogen) atoms. The van der Waals surface area contributed by atoms with Gasteiger partial charge >= 0.3 is 0 Å². The van der Waals surface area contributed by atoms with Crippen molar-refractivity contribution in [3.63, 3.8) is 0 Å². The standard InChI is InChI=1S/C18H21FN2O2S/c1-24-11-10-17(20)18(22)21-14-6-8-15(9-7-14)23-12-13-4-2-3-5-16(13)19/h2-9,17H,10-12,20H2,1H3,(H,21,22)/t17-/m0/s1. The van der Waals surface area contributed by atoms with Crippen molar-refractivity contribution >= 4 is 23.4 Å². The second-order valence-corrected chi connectivity index (χ2v) is 6.27. The summed E-state index contributed by atoms with van der Waals surface area (Å²) in [6.07, 6.45) is 2.61. The zero-order valence-electron chi connectivity index (χ0n) is 13.5.